The molecule has 0 fully saturated rings. The number of rotatable bonds is 9. The Labute approximate surface area is 175 Å². The second-order valence-electron chi connectivity index (χ2n) is 6.31. The van der Waals surface area contributed by atoms with E-state index in [0.29, 0.717) is 10.9 Å². The number of benzene rings is 1. The average molecular weight is 496 g/mol. The van der Waals surface area contributed by atoms with E-state index in [1.165, 1.54) is 6.26 Å². The van der Waals surface area contributed by atoms with Gasteiger partial charge >= 0.3 is 0 Å². The summed E-state index contributed by atoms with van der Waals surface area (Å²) in [5.41, 5.74) is 1.09. The van der Waals surface area contributed by atoms with Crippen molar-refractivity contribution in [3.63, 3.8) is 0 Å². The van der Waals surface area contributed by atoms with E-state index in [9.17, 15) is 8.42 Å². The number of nitrogens with zero attached hydrogens (tertiary/aromatic N) is 2. The lowest BCUT2D eigenvalue weighted by Gasteiger charge is -2.25. The highest BCUT2D eigenvalue weighted by Gasteiger charge is 2.07. The van der Waals surface area contributed by atoms with Crippen LogP contribution in [0.3, 0.4) is 0 Å². The Bertz CT molecular complexity index is 646. The molecule has 2 N–H and O–H groups in total. The highest BCUT2D eigenvalue weighted by Crippen LogP contribution is 2.10. The molecule has 0 amide bonds. The van der Waals surface area contributed by atoms with Gasteiger partial charge in [-0.25, -0.2) is 8.42 Å². The summed E-state index contributed by atoms with van der Waals surface area (Å²) in [7, 11) is -1.37. The zero-order valence-corrected chi connectivity index (χ0v) is 19.6. The Hall–Kier alpha value is -0.870. The number of halogens is 1. The fourth-order valence-electron chi connectivity index (χ4n) is 2.55. The van der Waals surface area contributed by atoms with Crippen LogP contribution >= 0.6 is 24.0 Å². The van der Waals surface area contributed by atoms with Gasteiger partial charge in [-0.2, -0.15) is 0 Å². The van der Waals surface area contributed by atoms with Gasteiger partial charge in [0.15, 0.2) is 15.8 Å². The molecule has 0 heterocycles. The molecule has 0 spiro atoms. The van der Waals surface area contributed by atoms with Crippen molar-refractivity contribution in [3.05, 3.63) is 29.8 Å². The van der Waals surface area contributed by atoms with Crippen molar-refractivity contribution in [3.8, 4) is 0 Å². The van der Waals surface area contributed by atoms with E-state index in [-0.39, 0.29) is 24.0 Å². The highest BCUT2D eigenvalue weighted by atomic mass is 127. The average Bonchev–Trinajstić information content (AvgIpc) is 2.56. The van der Waals surface area contributed by atoms with Crippen molar-refractivity contribution >= 4 is 39.8 Å². The maximum Gasteiger partial charge on any atom is 0.191 e. The summed E-state index contributed by atoms with van der Waals surface area (Å²) in [6, 6.07) is 7.56. The van der Waals surface area contributed by atoms with Crippen molar-refractivity contribution in [1.82, 2.24) is 15.5 Å². The summed E-state index contributed by atoms with van der Waals surface area (Å²) in [5, 5.41) is 6.61. The number of aliphatic imine (C=N–C) groups is 1. The third-order valence-corrected chi connectivity index (χ3v) is 5.24. The molecule has 0 aliphatic rings. The molecular weight excluding hydrogens is 463 g/mol. The SMILES string of the molecule is CCN(CCNC(=NC)NCCc1ccc(S(C)(=O)=O)cc1)C(C)C.I. The van der Waals surface area contributed by atoms with Gasteiger partial charge in [0.1, 0.15) is 0 Å². The number of sulfone groups is 1. The second kappa shape index (κ2) is 12.5. The van der Waals surface area contributed by atoms with Crippen molar-refractivity contribution in [2.75, 3.05) is 39.5 Å². The predicted molar refractivity (Wildman–Crippen MR) is 120 cm³/mol. The van der Waals surface area contributed by atoms with Crippen LogP contribution in [0, 0.1) is 0 Å². The first kappa shape index (κ1) is 25.1. The smallest absolute Gasteiger partial charge is 0.191 e. The van der Waals surface area contributed by atoms with Gasteiger partial charge in [-0.05, 0) is 44.5 Å². The summed E-state index contributed by atoms with van der Waals surface area (Å²) < 4.78 is 22.9. The monoisotopic (exact) mass is 496 g/mol. The van der Waals surface area contributed by atoms with Gasteiger partial charge in [0.25, 0.3) is 0 Å². The predicted octanol–water partition coefficient (Wildman–Crippen LogP) is 2.15. The van der Waals surface area contributed by atoms with E-state index in [2.05, 4.69) is 41.3 Å². The van der Waals surface area contributed by atoms with Crippen LogP contribution in [0.1, 0.15) is 26.3 Å². The Morgan fingerprint density at radius 2 is 1.73 bits per heavy atom. The molecule has 0 aromatic heterocycles. The molecule has 150 valence electrons. The highest BCUT2D eigenvalue weighted by molar-refractivity contribution is 14.0. The molecule has 0 aliphatic heterocycles. The maximum absolute atomic E-state index is 11.5. The first-order valence-electron chi connectivity index (χ1n) is 8.75. The molecule has 26 heavy (non-hydrogen) atoms. The zero-order valence-electron chi connectivity index (χ0n) is 16.4. The van der Waals surface area contributed by atoms with Crippen LogP contribution in [-0.4, -0.2) is 64.8 Å². The van der Waals surface area contributed by atoms with Crippen LogP contribution in [-0.2, 0) is 16.3 Å². The van der Waals surface area contributed by atoms with Crippen LogP contribution in [0.15, 0.2) is 34.2 Å². The molecule has 0 bridgehead atoms. The first-order chi connectivity index (χ1) is 11.8. The first-order valence-corrected chi connectivity index (χ1v) is 10.6. The minimum atomic E-state index is -3.13. The van der Waals surface area contributed by atoms with Gasteiger partial charge in [-0.3, -0.25) is 9.89 Å². The fraction of sp³-hybridized carbons (Fsp3) is 0.611. The van der Waals surface area contributed by atoms with E-state index < -0.39 is 9.84 Å². The van der Waals surface area contributed by atoms with Crippen molar-refractivity contribution < 1.29 is 8.42 Å². The Balaban J connectivity index is 0.00000625. The molecule has 1 rings (SSSR count). The van der Waals surface area contributed by atoms with Crippen molar-refractivity contribution in [1.29, 1.82) is 0 Å². The lowest BCUT2D eigenvalue weighted by Crippen LogP contribution is -2.43. The minimum Gasteiger partial charge on any atom is -0.356 e. The molecule has 0 aliphatic carbocycles. The van der Waals surface area contributed by atoms with Gasteiger partial charge in [-0.1, -0.05) is 19.1 Å². The largest absolute Gasteiger partial charge is 0.356 e. The lowest BCUT2D eigenvalue weighted by molar-refractivity contribution is 0.237. The van der Waals surface area contributed by atoms with Gasteiger partial charge in [0.05, 0.1) is 4.90 Å². The Morgan fingerprint density at radius 1 is 1.15 bits per heavy atom. The number of likely N-dealkylation sites (N-methyl/N-ethyl adjacent to an activating group) is 1. The van der Waals surface area contributed by atoms with E-state index in [0.717, 1.165) is 44.1 Å². The molecule has 1 aromatic carbocycles. The maximum atomic E-state index is 11.5. The van der Waals surface area contributed by atoms with Gasteiger partial charge in [-0.15, -0.1) is 24.0 Å². The van der Waals surface area contributed by atoms with E-state index in [1.807, 2.05) is 12.1 Å². The molecule has 0 unspecified atom stereocenters. The third kappa shape index (κ3) is 9.18. The van der Waals surface area contributed by atoms with E-state index >= 15 is 0 Å². The van der Waals surface area contributed by atoms with Crippen LogP contribution in [0.2, 0.25) is 0 Å². The van der Waals surface area contributed by atoms with Crippen molar-refractivity contribution in [2.45, 2.75) is 38.1 Å². The van der Waals surface area contributed by atoms with Crippen LogP contribution in [0.25, 0.3) is 0 Å². The molecule has 6 nitrogen and oxygen atoms in total. The molecule has 0 atom stereocenters. The minimum absolute atomic E-state index is 0. The molecule has 0 saturated carbocycles. The third-order valence-electron chi connectivity index (χ3n) is 4.11. The number of guanidine groups is 1. The lowest BCUT2D eigenvalue weighted by atomic mass is 10.1. The Morgan fingerprint density at radius 3 is 2.19 bits per heavy atom. The summed E-state index contributed by atoms with van der Waals surface area (Å²) in [6.07, 6.45) is 2.02. The normalized spacial score (nSPS) is 12.2. The summed E-state index contributed by atoms with van der Waals surface area (Å²) in [4.78, 5) is 6.98. The quantitative estimate of drug-likeness (QED) is 0.312. The van der Waals surface area contributed by atoms with Crippen molar-refractivity contribution in [2.24, 2.45) is 4.99 Å². The second-order valence-corrected chi connectivity index (χ2v) is 8.33. The van der Waals surface area contributed by atoms with Crippen LogP contribution in [0.4, 0.5) is 0 Å². The van der Waals surface area contributed by atoms with Gasteiger partial charge < -0.3 is 10.6 Å². The van der Waals surface area contributed by atoms with Gasteiger partial charge in [0, 0.05) is 39.0 Å². The summed E-state index contributed by atoms with van der Waals surface area (Å²) >= 11 is 0. The summed E-state index contributed by atoms with van der Waals surface area (Å²) in [6.45, 7) is 10.2. The molecule has 0 saturated heterocycles. The van der Waals surface area contributed by atoms with Gasteiger partial charge in [0.2, 0.25) is 0 Å². The number of nitrogens with one attached hydrogen (secondary N) is 2. The fourth-order valence-corrected chi connectivity index (χ4v) is 3.18. The Kier molecular flexibility index (Phi) is 12.1. The number of hydrogen-bond donors (Lipinski definition) is 2. The standard InChI is InChI=1S/C18H32N4O2S.HI/c1-6-22(15(2)3)14-13-21-18(19-4)20-12-11-16-7-9-17(10-8-16)25(5,23)24;/h7-10,15H,6,11-14H2,1-5H3,(H2,19,20,21);1H. The van der Waals surface area contributed by atoms with Crippen LogP contribution in [0.5, 0.6) is 0 Å². The topological polar surface area (TPSA) is 73.8 Å². The molecule has 1 aromatic rings. The zero-order chi connectivity index (χ0) is 18.9. The van der Waals surface area contributed by atoms with Crippen LogP contribution < -0.4 is 10.6 Å². The summed E-state index contributed by atoms with van der Waals surface area (Å²) in [5.74, 6) is 0.785. The van der Waals surface area contributed by atoms with E-state index in [4.69, 9.17) is 0 Å². The molecular formula is C18H33IN4O2S. The number of hydrogen-bond acceptors (Lipinski definition) is 4. The van der Waals surface area contributed by atoms with E-state index in [1.54, 1.807) is 19.2 Å². The molecule has 0 radical (unpaired) electrons. The molecule has 8 heteroatoms.